The molecule has 28 heavy (non-hydrogen) atoms. The van der Waals surface area contributed by atoms with Gasteiger partial charge in [0.25, 0.3) is 5.56 Å². The topological polar surface area (TPSA) is 61.2 Å². The Morgan fingerprint density at radius 3 is 2.54 bits per heavy atom. The Kier molecular flexibility index (Phi) is 4.98. The van der Waals surface area contributed by atoms with E-state index in [1.807, 2.05) is 30.3 Å². The van der Waals surface area contributed by atoms with Crippen molar-refractivity contribution in [1.29, 1.82) is 0 Å². The highest BCUT2D eigenvalue weighted by molar-refractivity contribution is 7.22. The zero-order chi connectivity index (χ0) is 19.7. The minimum Gasteiger partial charge on any atom is -0.465 e. The number of rotatable bonds is 4. The van der Waals surface area contributed by atoms with Gasteiger partial charge >= 0.3 is 5.97 Å². The number of benzene rings is 2. The predicted molar refractivity (Wildman–Crippen MR) is 111 cm³/mol. The molecule has 0 atom stereocenters. The molecule has 0 spiro atoms. The second-order valence-corrected chi connectivity index (χ2v) is 7.69. The first-order valence-electron chi connectivity index (χ1n) is 8.47. The van der Waals surface area contributed by atoms with Crippen LogP contribution in [-0.4, -0.2) is 22.6 Å². The van der Waals surface area contributed by atoms with Gasteiger partial charge in [0.05, 0.1) is 31.1 Å². The maximum atomic E-state index is 12.9. The molecule has 0 aliphatic carbocycles. The fraction of sp³-hybridized carbons (Fsp3) is 0.0952. The van der Waals surface area contributed by atoms with Gasteiger partial charge in [0, 0.05) is 9.90 Å². The lowest BCUT2D eigenvalue weighted by atomic mass is 10.1. The van der Waals surface area contributed by atoms with Gasteiger partial charge in [-0.1, -0.05) is 35.9 Å². The third-order valence-corrected chi connectivity index (χ3v) is 5.77. The van der Waals surface area contributed by atoms with Crippen LogP contribution in [0.3, 0.4) is 0 Å². The van der Waals surface area contributed by atoms with E-state index in [4.69, 9.17) is 16.3 Å². The molecular weight excluding hydrogens is 396 g/mol. The Bertz CT molecular complexity index is 1210. The summed E-state index contributed by atoms with van der Waals surface area (Å²) in [5, 5.41) is 0.670. The maximum Gasteiger partial charge on any atom is 0.337 e. The van der Waals surface area contributed by atoms with Crippen molar-refractivity contribution >= 4 is 39.1 Å². The average molecular weight is 411 g/mol. The molecule has 0 aliphatic rings. The highest BCUT2D eigenvalue weighted by atomic mass is 35.5. The van der Waals surface area contributed by atoms with Gasteiger partial charge in [-0.2, -0.15) is 0 Å². The average Bonchev–Trinajstić information content (AvgIpc) is 3.16. The largest absolute Gasteiger partial charge is 0.465 e. The van der Waals surface area contributed by atoms with Crippen molar-refractivity contribution in [3.8, 4) is 10.4 Å². The van der Waals surface area contributed by atoms with Crippen molar-refractivity contribution in [2.24, 2.45) is 0 Å². The number of methoxy groups -OCH3 is 1. The third-order valence-electron chi connectivity index (χ3n) is 4.36. The van der Waals surface area contributed by atoms with E-state index in [0.717, 1.165) is 16.0 Å². The lowest BCUT2D eigenvalue weighted by molar-refractivity contribution is 0.0600. The molecule has 2 heterocycles. The zero-order valence-electron chi connectivity index (χ0n) is 14.9. The van der Waals surface area contributed by atoms with Crippen LogP contribution in [0.15, 0.2) is 65.7 Å². The number of carbonyl (C=O) groups is 1. The molecule has 0 bridgehead atoms. The summed E-state index contributed by atoms with van der Waals surface area (Å²) in [6.45, 7) is 0.372. The van der Waals surface area contributed by atoms with E-state index in [2.05, 4.69) is 4.98 Å². The number of hydrogen-bond donors (Lipinski definition) is 0. The number of fused-ring (bicyclic) bond motifs is 1. The summed E-state index contributed by atoms with van der Waals surface area (Å²) in [5.41, 5.74) is 2.95. The van der Waals surface area contributed by atoms with Crippen LogP contribution in [0, 0.1) is 0 Å². The molecule has 7 heteroatoms. The lowest BCUT2D eigenvalue weighted by Gasteiger charge is -2.06. The standard InChI is InChI=1S/C21H15ClN2O3S/c1-27-21(26)15-4-2-13(3-5-15)11-24-12-23-17-10-18(28-19(17)20(24)25)14-6-8-16(22)9-7-14/h2-10,12H,11H2,1H3. The first-order valence-corrected chi connectivity index (χ1v) is 9.67. The second-order valence-electron chi connectivity index (χ2n) is 6.20. The van der Waals surface area contributed by atoms with Gasteiger partial charge in [-0.15, -0.1) is 11.3 Å². The molecule has 2 aromatic heterocycles. The molecule has 4 aromatic rings. The normalized spacial score (nSPS) is 10.9. The Labute approximate surface area is 169 Å². The van der Waals surface area contributed by atoms with E-state index >= 15 is 0 Å². The van der Waals surface area contributed by atoms with Gasteiger partial charge < -0.3 is 4.74 Å². The number of ether oxygens (including phenoxy) is 1. The summed E-state index contributed by atoms with van der Waals surface area (Å²) < 4.78 is 6.87. The molecule has 0 fully saturated rings. The molecule has 5 nitrogen and oxygen atoms in total. The van der Waals surface area contributed by atoms with Crippen LogP contribution < -0.4 is 5.56 Å². The fourth-order valence-electron chi connectivity index (χ4n) is 2.88. The molecule has 140 valence electrons. The van der Waals surface area contributed by atoms with E-state index in [9.17, 15) is 9.59 Å². The number of hydrogen-bond acceptors (Lipinski definition) is 5. The first kappa shape index (κ1) is 18.4. The van der Waals surface area contributed by atoms with Crippen molar-refractivity contribution in [2.75, 3.05) is 7.11 Å². The molecule has 4 rings (SSSR count). The van der Waals surface area contributed by atoms with Crippen LogP contribution >= 0.6 is 22.9 Å². The molecule has 0 N–H and O–H groups in total. The third kappa shape index (κ3) is 3.56. The summed E-state index contributed by atoms with van der Waals surface area (Å²) in [5.74, 6) is -0.389. The molecule has 0 aliphatic heterocycles. The van der Waals surface area contributed by atoms with Gasteiger partial charge in [-0.3, -0.25) is 9.36 Å². The van der Waals surface area contributed by atoms with E-state index in [1.165, 1.54) is 18.4 Å². The predicted octanol–water partition coefficient (Wildman–Crippen LogP) is 4.61. The Hall–Kier alpha value is -2.96. The van der Waals surface area contributed by atoms with Crippen molar-refractivity contribution < 1.29 is 9.53 Å². The minimum absolute atomic E-state index is 0.0905. The SMILES string of the molecule is COC(=O)c1ccc(Cn2cnc3cc(-c4ccc(Cl)cc4)sc3c2=O)cc1. The number of esters is 1. The monoisotopic (exact) mass is 410 g/mol. The van der Waals surface area contributed by atoms with Gasteiger partial charge in [-0.05, 0) is 41.5 Å². The van der Waals surface area contributed by atoms with Crippen LogP contribution in [0.5, 0.6) is 0 Å². The number of carbonyl (C=O) groups excluding carboxylic acids is 1. The number of thiophene rings is 1. The van der Waals surface area contributed by atoms with Gasteiger partial charge in [0.15, 0.2) is 0 Å². The van der Waals surface area contributed by atoms with E-state index in [1.54, 1.807) is 35.2 Å². The second kappa shape index (κ2) is 7.58. The highest BCUT2D eigenvalue weighted by Crippen LogP contribution is 2.31. The van der Waals surface area contributed by atoms with E-state index < -0.39 is 0 Å². The van der Waals surface area contributed by atoms with Gasteiger partial charge in [-0.25, -0.2) is 9.78 Å². The summed E-state index contributed by atoms with van der Waals surface area (Å²) >= 11 is 7.37. The summed E-state index contributed by atoms with van der Waals surface area (Å²) in [6, 6.07) is 16.4. The highest BCUT2D eigenvalue weighted by Gasteiger charge is 2.11. The first-order chi connectivity index (χ1) is 13.5. The van der Waals surface area contributed by atoms with Crippen LogP contribution in [0.4, 0.5) is 0 Å². The Balaban J connectivity index is 1.65. The Morgan fingerprint density at radius 2 is 1.86 bits per heavy atom. The van der Waals surface area contributed by atoms with Crippen molar-refractivity contribution in [1.82, 2.24) is 9.55 Å². The fourth-order valence-corrected chi connectivity index (χ4v) is 4.07. The minimum atomic E-state index is -0.389. The molecule has 2 aromatic carbocycles. The molecule has 0 saturated carbocycles. The number of aromatic nitrogens is 2. The van der Waals surface area contributed by atoms with Crippen LogP contribution in [0.25, 0.3) is 20.7 Å². The van der Waals surface area contributed by atoms with Crippen LogP contribution in [0.1, 0.15) is 15.9 Å². The zero-order valence-corrected chi connectivity index (χ0v) is 16.5. The van der Waals surface area contributed by atoms with Gasteiger partial charge in [0.1, 0.15) is 4.70 Å². The molecular formula is C21H15ClN2O3S. The van der Waals surface area contributed by atoms with E-state index in [-0.39, 0.29) is 11.5 Å². The van der Waals surface area contributed by atoms with E-state index in [0.29, 0.717) is 27.3 Å². The number of halogens is 1. The smallest absolute Gasteiger partial charge is 0.337 e. The quantitative estimate of drug-likeness (QED) is 0.461. The van der Waals surface area contributed by atoms with Crippen molar-refractivity contribution in [3.63, 3.8) is 0 Å². The summed E-state index contributed by atoms with van der Waals surface area (Å²) in [6.07, 6.45) is 1.55. The number of nitrogens with zero attached hydrogens (tertiary/aromatic N) is 2. The maximum absolute atomic E-state index is 12.9. The lowest BCUT2D eigenvalue weighted by Crippen LogP contribution is -2.20. The Morgan fingerprint density at radius 1 is 1.14 bits per heavy atom. The van der Waals surface area contributed by atoms with Gasteiger partial charge in [0.2, 0.25) is 0 Å². The molecule has 0 unspecified atom stereocenters. The van der Waals surface area contributed by atoms with Crippen molar-refractivity contribution in [3.05, 3.63) is 87.4 Å². The molecule has 0 radical (unpaired) electrons. The summed E-state index contributed by atoms with van der Waals surface area (Å²) in [4.78, 5) is 29.8. The molecule has 0 saturated heterocycles. The van der Waals surface area contributed by atoms with Crippen LogP contribution in [-0.2, 0) is 11.3 Å². The van der Waals surface area contributed by atoms with Crippen LogP contribution in [0.2, 0.25) is 5.02 Å². The molecule has 0 amide bonds. The van der Waals surface area contributed by atoms with Crippen molar-refractivity contribution in [2.45, 2.75) is 6.54 Å². The summed E-state index contributed by atoms with van der Waals surface area (Å²) in [7, 11) is 1.34.